The molecule has 0 spiro atoms. The third-order valence-corrected chi connectivity index (χ3v) is 3.87. The molecule has 0 fully saturated rings. The number of rotatable bonds is 6. The van der Waals surface area contributed by atoms with Crippen LogP contribution in [0.4, 0.5) is 8.78 Å². The molecule has 1 heterocycles. The Labute approximate surface area is 157 Å². The smallest absolute Gasteiger partial charge is 0.377 e. The standard InChI is InChI=1S/C19H13F2NO6/c1-26-15-7-10-13(8-16(15)27-2)22-4-3-14(10)28-9-5-11(20)17(12(21)6-9)18(23)19(24)25/h3-8H,1-2H3,(H,24,25). The molecule has 7 nitrogen and oxygen atoms in total. The van der Waals surface area contributed by atoms with Gasteiger partial charge in [0.15, 0.2) is 11.5 Å². The van der Waals surface area contributed by atoms with E-state index in [2.05, 4.69) is 4.98 Å². The van der Waals surface area contributed by atoms with E-state index in [4.69, 9.17) is 19.3 Å². The van der Waals surface area contributed by atoms with Crippen molar-refractivity contribution in [2.75, 3.05) is 14.2 Å². The van der Waals surface area contributed by atoms with Gasteiger partial charge in [0.05, 0.1) is 19.7 Å². The number of hydrogen-bond donors (Lipinski definition) is 1. The van der Waals surface area contributed by atoms with E-state index in [1.54, 1.807) is 12.1 Å². The number of ketones is 1. The molecule has 0 amide bonds. The maximum atomic E-state index is 14.1. The molecule has 28 heavy (non-hydrogen) atoms. The Morgan fingerprint density at radius 3 is 2.14 bits per heavy atom. The number of hydrogen-bond acceptors (Lipinski definition) is 6. The van der Waals surface area contributed by atoms with E-state index in [9.17, 15) is 18.4 Å². The number of aromatic nitrogens is 1. The topological polar surface area (TPSA) is 95.0 Å². The van der Waals surface area contributed by atoms with Crippen molar-refractivity contribution >= 4 is 22.7 Å². The van der Waals surface area contributed by atoms with Crippen LogP contribution in [-0.4, -0.2) is 36.1 Å². The van der Waals surface area contributed by atoms with Crippen LogP contribution < -0.4 is 14.2 Å². The van der Waals surface area contributed by atoms with Crippen LogP contribution in [0.15, 0.2) is 36.5 Å². The molecule has 0 radical (unpaired) electrons. The molecular formula is C19H13F2NO6. The zero-order valence-electron chi connectivity index (χ0n) is 14.7. The lowest BCUT2D eigenvalue weighted by Gasteiger charge is -2.13. The number of ether oxygens (including phenoxy) is 3. The summed E-state index contributed by atoms with van der Waals surface area (Å²) in [6.07, 6.45) is 1.43. The number of methoxy groups -OCH3 is 2. The predicted molar refractivity (Wildman–Crippen MR) is 93.2 cm³/mol. The zero-order valence-corrected chi connectivity index (χ0v) is 14.7. The second-order valence-corrected chi connectivity index (χ2v) is 5.53. The van der Waals surface area contributed by atoms with Gasteiger partial charge in [-0.2, -0.15) is 0 Å². The van der Waals surface area contributed by atoms with Crippen LogP contribution in [0.2, 0.25) is 0 Å². The molecule has 0 saturated heterocycles. The molecule has 1 N–H and O–H groups in total. The Balaban J connectivity index is 2.06. The van der Waals surface area contributed by atoms with Gasteiger partial charge < -0.3 is 19.3 Å². The molecule has 2 aromatic carbocycles. The van der Waals surface area contributed by atoms with Crippen molar-refractivity contribution in [1.29, 1.82) is 0 Å². The van der Waals surface area contributed by atoms with E-state index < -0.39 is 29.0 Å². The zero-order chi connectivity index (χ0) is 20.4. The van der Waals surface area contributed by atoms with E-state index in [-0.39, 0.29) is 11.5 Å². The maximum absolute atomic E-state index is 14.1. The van der Waals surface area contributed by atoms with E-state index >= 15 is 0 Å². The van der Waals surface area contributed by atoms with Crippen molar-refractivity contribution in [3.05, 3.63) is 53.7 Å². The second-order valence-electron chi connectivity index (χ2n) is 5.53. The Morgan fingerprint density at radius 2 is 1.57 bits per heavy atom. The molecule has 0 aliphatic heterocycles. The van der Waals surface area contributed by atoms with Crippen LogP contribution >= 0.6 is 0 Å². The molecule has 0 unspecified atom stereocenters. The highest BCUT2D eigenvalue weighted by Crippen LogP contribution is 2.37. The van der Waals surface area contributed by atoms with Gasteiger partial charge in [-0.25, -0.2) is 13.6 Å². The molecule has 1 aromatic heterocycles. The first kappa shape index (κ1) is 19.0. The number of aliphatic carboxylic acids is 1. The van der Waals surface area contributed by atoms with Gasteiger partial charge in [-0.05, 0) is 12.1 Å². The van der Waals surface area contributed by atoms with Crippen LogP contribution in [0.5, 0.6) is 23.0 Å². The fourth-order valence-corrected chi connectivity index (χ4v) is 2.60. The second kappa shape index (κ2) is 7.47. The Hall–Kier alpha value is -3.75. The normalized spacial score (nSPS) is 10.6. The molecule has 0 aliphatic rings. The number of carboxylic acids is 1. The number of benzene rings is 2. The van der Waals surface area contributed by atoms with Gasteiger partial charge in [0.2, 0.25) is 0 Å². The van der Waals surface area contributed by atoms with Gasteiger partial charge >= 0.3 is 5.97 Å². The average molecular weight is 389 g/mol. The fraction of sp³-hybridized carbons (Fsp3) is 0.105. The lowest BCUT2D eigenvalue weighted by Crippen LogP contribution is -2.16. The first-order valence-corrected chi connectivity index (χ1v) is 7.81. The largest absolute Gasteiger partial charge is 0.493 e. The summed E-state index contributed by atoms with van der Waals surface area (Å²) < 4.78 is 44.2. The summed E-state index contributed by atoms with van der Waals surface area (Å²) in [5.41, 5.74) is -0.681. The van der Waals surface area contributed by atoms with Crippen LogP contribution in [0.3, 0.4) is 0 Å². The van der Waals surface area contributed by atoms with E-state index in [0.717, 1.165) is 12.1 Å². The number of Topliss-reactive ketones (excluding diaryl/α,β-unsaturated/α-hetero) is 1. The third-order valence-electron chi connectivity index (χ3n) is 3.87. The number of carboxylic acid groups (broad SMARTS) is 1. The van der Waals surface area contributed by atoms with E-state index in [1.807, 2.05) is 0 Å². The summed E-state index contributed by atoms with van der Waals surface area (Å²) >= 11 is 0. The minimum atomic E-state index is -1.97. The highest BCUT2D eigenvalue weighted by Gasteiger charge is 2.25. The number of pyridine rings is 1. The number of carbonyl (C=O) groups is 2. The molecule has 0 saturated carbocycles. The van der Waals surface area contributed by atoms with Crippen molar-refractivity contribution in [1.82, 2.24) is 4.98 Å². The van der Waals surface area contributed by atoms with Gasteiger partial charge in [0.1, 0.15) is 28.7 Å². The van der Waals surface area contributed by atoms with Crippen LogP contribution in [0.25, 0.3) is 10.9 Å². The molecule has 144 valence electrons. The number of carbonyl (C=O) groups excluding carboxylic acids is 1. The van der Waals surface area contributed by atoms with E-state index in [0.29, 0.717) is 22.4 Å². The number of halogens is 2. The summed E-state index contributed by atoms with van der Waals surface area (Å²) in [5.74, 6) is -5.57. The monoisotopic (exact) mass is 389 g/mol. The first-order chi connectivity index (χ1) is 13.3. The number of nitrogens with zero attached hydrogens (tertiary/aromatic N) is 1. The lowest BCUT2D eigenvalue weighted by atomic mass is 10.1. The SMILES string of the molecule is COc1cc2nccc(Oc3cc(F)c(C(=O)C(=O)O)c(F)c3)c2cc1OC. The van der Waals surface area contributed by atoms with Crippen molar-refractivity contribution in [3.8, 4) is 23.0 Å². The van der Waals surface area contributed by atoms with Gasteiger partial charge in [0.25, 0.3) is 5.78 Å². The fourth-order valence-electron chi connectivity index (χ4n) is 2.60. The molecule has 3 aromatic rings. The first-order valence-electron chi connectivity index (χ1n) is 7.81. The minimum absolute atomic E-state index is 0.210. The van der Waals surface area contributed by atoms with Crippen LogP contribution in [0.1, 0.15) is 10.4 Å². The van der Waals surface area contributed by atoms with Gasteiger partial charge in [-0.15, -0.1) is 0 Å². The molecule has 0 atom stereocenters. The minimum Gasteiger partial charge on any atom is -0.493 e. The molecular weight excluding hydrogens is 376 g/mol. The predicted octanol–water partition coefficient (Wildman–Crippen LogP) is 3.59. The van der Waals surface area contributed by atoms with Gasteiger partial charge in [-0.1, -0.05) is 0 Å². The van der Waals surface area contributed by atoms with Crippen molar-refractivity contribution < 1.29 is 37.7 Å². The highest BCUT2D eigenvalue weighted by molar-refractivity contribution is 6.40. The Morgan fingerprint density at radius 1 is 0.964 bits per heavy atom. The Kier molecular flexibility index (Phi) is 5.08. The third kappa shape index (κ3) is 3.41. The van der Waals surface area contributed by atoms with Gasteiger partial charge in [-0.3, -0.25) is 9.78 Å². The highest BCUT2D eigenvalue weighted by atomic mass is 19.1. The molecule has 3 rings (SSSR count). The maximum Gasteiger partial charge on any atom is 0.377 e. The summed E-state index contributed by atoms with van der Waals surface area (Å²) in [4.78, 5) is 26.3. The molecule has 9 heteroatoms. The number of fused-ring (bicyclic) bond motifs is 1. The van der Waals surface area contributed by atoms with Crippen LogP contribution in [0, 0.1) is 11.6 Å². The molecule has 0 bridgehead atoms. The quantitative estimate of drug-likeness (QED) is 0.508. The van der Waals surface area contributed by atoms with Crippen molar-refractivity contribution in [2.24, 2.45) is 0 Å². The molecule has 0 aliphatic carbocycles. The van der Waals surface area contributed by atoms with Gasteiger partial charge in [0, 0.05) is 29.8 Å². The van der Waals surface area contributed by atoms with Crippen molar-refractivity contribution in [3.63, 3.8) is 0 Å². The van der Waals surface area contributed by atoms with Crippen molar-refractivity contribution in [2.45, 2.75) is 0 Å². The van der Waals surface area contributed by atoms with E-state index in [1.165, 1.54) is 26.5 Å². The lowest BCUT2D eigenvalue weighted by molar-refractivity contribution is -0.131. The Bertz CT molecular complexity index is 1080. The average Bonchev–Trinajstić information content (AvgIpc) is 2.66. The summed E-state index contributed by atoms with van der Waals surface area (Å²) in [7, 11) is 2.92. The van der Waals surface area contributed by atoms with Crippen LogP contribution in [-0.2, 0) is 4.79 Å². The summed E-state index contributed by atoms with van der Waals surface area (Å²) in [6, 6.07) is 6.13. The summed E-state index contributed by atoms with van der Waals surface area (Å²) in [5, 5.41) is 9.13. The summed E-state index contributed by atoms with van der Waals surface area (Å²) in [6.45, 7) is 0.